The molecular formula is C56H58O9. The molecule has 2 aliphatic rings. The van der Waals surface area contributed by atoms with Crippen LogP contribution in [0.4, 0.5) is 0 Å². The zero-order valence-electron chi connectivity index (χ0n) is 36.8. The average molecular weight is 875 g/mol. The van der Waals surface area contributed by atoms with Gasteiger partial charge in [0.2, 0.25) is 0 Å². The second-order valence-electron chi connectivity index (χ2n) is 16.1. The van der Waals surface area contributed by atoms with E-state index in [1.807, 2.05) is 158 Å². The molecule has 0 unspecified atom stereocenters. The van der Waals surface area contributed by atoms with Gasteiger partial charge in [-0.05, 0) is 51.1 Å². The minimum Gasteiger partial charge on any atom is -0.485 e. The summed E-state index contributed by atoms with van der Waals surface area (Å²) in [6.45, 7) is 2.61. The predicted molar refractivity (Wildman–Crippen MR) is 249 cm³/mol. The van der Waals surface area contributed by atoms with Crippen molar-refractivity contribution in [2.75, 3.05) is 20.3 Å². The summed E-state index contributed by atoms with van der Waals surface area (Å²) in [5.74, 6) is 0.564. The zero-order valence-corrected chi connectivity index (χ0v) is 36.8. The van der Waals surface area contributed by atoms with Crippen LogP contribution in [0.2, 0.25) is 0 Å². The molecule has 2 aliphatic heterocycles. The molecule has 0 aliphatic carbocycles. The molecule has 0 saturated carbocycles. The lowest BCUT2D eigenvalue weighted by Gasteiger charge is -2.43. The van der Waals surface area contributed by atoms with Gasteiger partial charge in [-0.15, -0.1) is 0 Å². The van der Waals surface area contributed by atoms with Crippen molar-refractivity contribution in [3.63, 3.8) is 0 Å². The number of hydrogen-bond acceptors (Lipinski definition) is 9. The number of methoxy groups -OCH3 is 1. The van der Waals surface area contributed by atoms with Crippen LogP contribution in [0.1, 0.15) is 33.4 Å². The largest absolute Gasteiger partial charge is 0.485 e. The molecule has 0 bridgehead atoms. The summed E-state index contributed by atoms with van der Waals surface area (Å²) in [6.07, 6.45) is -0.285. The van der Waals surface area contributed by atoms with Crippen LogP contribution in [0.3, 0.4) is 0 Å². The highest BCUT2D eigenvalue weighted by atomic mass is 16.7. The topological polar surface area (TPSA) is 83.1 Å². The summed E-state index contributed by atoms with van der Waals surface area (Å²) in [7, 11) is 1.63. The van der Waals surface area contributed by atoms with Crippen molar-refractivity contribution < 1.29 is 42.6 Å². The third-order valence-corrected chi connectivity index (χ3v) is 11.3. The van der Waals surface area contributed by atoms with Gasteiger partial charge >= 0.3 is 0 Å². The molecule has 6 aromatic carbocycles. The van der Waals surface area contributed by atoms with E-state index in [4.69, 9.17) is 42.6 Å². The van der Waals surface area contributed by atoms with Gasteiger partial charge in [-0.3, -0.25) is 0 Å². The molecule has 9 nitrogen and oxygen atoms in total. The SMILES string of the molecule is CO[C@H]1O[C@H](COCc2ccccc2)/C(=C\C2=C[C@@H](OCc3ccccc3)[C@H](OCc3ccccc3)[C@@H](COCc3ccccc3)O2)[C@@H](OCc2ccccc2)[C@H]1OCc1ccccc1. The van der Waals surface area contributed by atoms with Gasteiger partial charge in [-0.2, -0.15) is 0 Å². The lowest BCUT2D eigenvalue weighted by Crippen LogP contribution is -2.54. The van der Waals surface area contributed by atoms with Crippen molar-refractivity contribution in [3.8, 4) is 0 Å². The Morgan fingerprint density at radius 2 is 0.846 bits per heavy atom. The Bertz CT molecular complexity index is 2310. The predicted octanol–water partition coefficient (Wildman–Crippen LogP) is 10.3. The Hall–Kier alpha value is -5.72. The third-order valence-electron chi connectivity index (χ3n) is 11.3. The van der Waals surface area contributed by atoms with E-state index in [-0.39, 0.29) is 13.2 Å². The zero-order chi connectivity index (χ0) is 44.3. The van der Waals surface area contributed by atoms with E-state index in [2.05, 4.69) is 36.4 Å². The molecule has 7 atom stereocenters. The van der Waals surface area contributed by atoms with E-state index in [9.17, 15) is 0 Å². The maximum atomic E-state index is 6.99. The Balaban J connectivity index is 1.17. The summed E-state index contributed by atoms with van der Waals surface area (Å²) in [4.78, 5) is 0. The fraction of sp³-hybridized carbons (Fsp3) is 0.286. The Morgan fingerprint density at radius 1 is 0.446 bits per heavy atom. The van der Waals surface area contributed by atoms with Gasteiger partial charge < -0.3 is 42.6 Å². The van der Waals surface area contributed by atoms with Crippen LogP contribution in [-0.2, 0) is 82.3 Å². The third kappa shape index (κ3) is 13.7. The van der Waals surface area contributed by atoms with Crippen molar-refractivity contribution in [1.82, 2.24) is 0 Å². The van der Waals surface area contributed by atoms with E-state index >= 15 is 0 Å². The number of allylic oxidation sites excluding steroid dienone is 1. The highest BCUT2D eigenvalue weighted by molar-refractivity contribution is 5.31. The molecule has 8 rings (SSSR count). The monoisotopic (exact) mass is 874 g/mol. The fourth-order valence-corrected chi connectivity index (χ4v) is 7.95. The Kier molecular flexibility index (Phi) is 17.3. The van der Waals surface area contributed by atoms with E-state index < -0.39 is 42.9 Å². The first kappa shape index (κ1) is 45.8. The molecule has 0 radical (unpaired) electrons. The molecule has 0 N–H and O–H groups in total. The minimum atomic E-state index is -0.778. The van der Waals surface area contributed by atoms with E-state index in [0.29, 0.717) is 45.4 Å². The molecule has 2 heterocycles. The molecule has 65 heavy (non-hydrogen) atoms. The first-order valence-corrected chi connectivity index (χ1v) is 22.3. The minimum absolute atomic E-state index is 0.213. The van der Waals surface area contributed by atoms with Crippen molar-refractivity contribution in [3.05, 3.63) is 239 Å². The van der Waals surface area contributed by atoms with Crippen molar-refractivity contribution in [2.45, 2.75) is 82.6 Å². The van der Waals surface area contributed by atoms with Gasteiger partial charge in [0.15, 0.2) is 12.4 Å². The number of benzene rings is 6. The van der Waals surface area contributed by atoms with Gasteiger partial charge in [-0.25, -0.2) is 0 Å². The van der Waals surface area contributed by atoms with E-state index in [0.717, 1.165) is 39.0 Å². The first-order valence-electron chi connectivity index (χ1n) is 22.3. The maximum Gasteiger partial charge on any atom is 0.187 e. The smallest absolute Gasteiger partial charge is 0.187 e. The van der Waals surface area contributed by atoms with Gasteiger partial charge in [-0.1, -0.05) is 182 Å². The fourth-order valence-electron chi connectivity index (χ4n) is 7.95. The normalized spacial score (nSPS) is 22.6. The van der Waals surface area contributed by atoms with E-state index in [1.54, 1.807) is 7.11 Å². The lowest BCUT2D eigenvalue weighted by atomic mass is 9.93. The number of ether oxygens (including phenoxy) is 9. The van der Waals surface area contributed by atoms with Crippen LogP contribution in [0.5, 0.6) is 0 Å². The Labute approximate surface area is 383 Å². The van der Waals surface area contributed by atoms with Crippen LogP contribution < -0.4 is 0 Å². The molecular weight excluding hydrogens is 817 g/mol. The standard InChI is InChI=1S/C56H58O9/c1-57-56-55(63-39-47-30-18-7-19-31-47)53(61-37-45-26-14-5-15-27-45)49(51(65-56)40-58-34-42-20-8-2-9-21-42)32-48-33-50(60-36-44-24-12-4-13-25-44)54(62-38-46-28-16-6-17-29-46)52(64-48)41-59-35-43-22-10-3-11-23-43/h2-33,50-56H,34-41H2,1H3/b49-32+/t50-,51-,52-,53-,54+,55-,56+/m1/s1. The summed E-state index contributed by atoms with van der Waals surface area (Å²) in [6, 6.07) is 60.7. The van der Waals surface area contributed by atoms with Gasteiger partial charge in [0.1, 0.15) is 36.3 Å². The van der Waals surface area contributed by atoms with Crippen molar-refractivity contribution in [2.24, 2.45) is 0 Å². The van der Waals surface area contributed by atoms with Gasteiger partial charge in [0.25, 0.3) is 0 Å². The Morgan fingerprint density at radius 3 is 1.31 bits per heavy atom. The van der Waals surface area contributed by atoms with Crippen LogP contribution in [0.15, 0.2) is 205 Å². The highest BCUT2D eigenvalue weighted by Gasteiger charge is 2.45. The molecule has 336 valence electrons. The lowest BCUT2D eigenvalue weighted by molar-refractivity contribution is -0.265. The molecule has 0 spiro atoms. The summed E-state index contributed by atoms with van der Waals surface area (Å²) >= 11 is 0. The molecule has 0 amide bonds. The second-order valence-corrected chi connectivity index (χ2v) is 16.1. The van der Waals surface area contributed by atoms with Crippen LogP contribution in [-0.4, -0.2) is 63.2 Å². The quantitative estimate of drug-likeness (QED) is 0.0662. The summed E-state index contributed by atoms with van der Waals surface area (Å²) < 4.78 is 60.0. The van der Waals surface area contributed by atoms with Crippen LogP contribution >= 0.6 is 0 Å². The number of rotatable bonds is 22. The molecule has 1 fully saturated rings. The van der Waals surface area contributed by atoms with Crippen LogP contribution in [0.25, 0.3) is 0 Å². The summed E-state index contributed by atoms with van der Waals surface area (Å²) in [5, 5.41) is 0. The average Bonchev–Trinajstić information content (AvgIpc) is 3.36. The second kappa shape index (κ2) is 24.5. The van der Waals surface area contributed by atoms with Crippen LogP contribution in [0, 0.1) is 0 Å². The first-order chi connectivity index (χ1) is 32.2. The van der Waals surface area contributed by atoms with E-state index in [1.165, 1.54) is 0 Å². The maximum absolute atomic E-state index is 6.99. The van der Waals surface area contributed by atoms with Crippen molar-refractivity contribution >= 4 is 0 Å². The van der Waals surface area contributed by atoms with Gasteiger partial charge in [0.05, 0.1) is 52.9 Å². The molecule has 9 heteroatoms. The van der Waals surface area contributed by atoms with Crippen molar-refractivity contribution in [1.29, 1.82) is 0 Å². The summed E-state index contributed by atoms with van der Waals surface area (Å²) in [5.41, 5.74) is 7.00. The van der Waals surface area contributed by atoms with Gasteiger partial charge in [0, 0.05) is 7.11 Å². The molecule has 1 saturated heterocycles. The molecule has 0 aromatic heterocycles. The number of hydrogen-bond donors (Lipinski definition) is 0. The molecule has 6 aromatic rings. The highest BCUT2D eigenvalue weighted by Crippen LogP contribution is 2.35.